The first kappa shape index (κ1) is 10.0. The zero-order valence-electron chi connectivity index (χ0n) is 7.48. The Hall–Kier alpha value is -1.06. The number of phenols is 1. The summed E-state index contributed by atoms with van der Waals surface area (Å²) in [6.07, 6.45) is 1.60. The van der Waals surface area contributed by atoms with Crippen molar-refractivity contribution < 1.29 is 10.2 Å². The van der Waals surface area contributed by atoms with Gasteiger partial charge in [0, 0.05) is 6.04 Å². The van der Waals surface area contributed by atoms with Gasteiger partial charge in [0.25, 0.3) is 0 Å². The molecule has 72 valence electrons. The third kappa shape index (κ3) is 3.44. The lowest BCUT2D eigenvalue weighted by Crippen LogP contribution is -2.24. The van der Waals surface area contributed by atoms with Crippen molar-refractivity contribution in [3.63, 3.8) is 0 Å². The molecule has 1 atom stereocenters. The van der Waals surface area contributed by atoms with Crippen LogP contribution in [-0.4, -0.2) is 22.9 Å². The van der Waals surface area contributed by atoms with Gasteiger partial charge in [-0.25, -0.2) is 0 Å². The Kier molecular flexibility index (Phi) is 3.73. The van der Waals surface area contributed by atoms with Crippen molar-refractivity contribution >= 4 is 0 Å². The number of rotatable bonds is 4. The van der Waals surface area contributed by atoms with E-state index in [1.165, 1.54) is 0 Å². The second-order valence-corrected chi connectivity index (χ2v) is 3.15. The Bertz CT molecular complexity index is 246. The van der Waals surface area contributed by atoms with Gasteiger partial charge in [-0.05, 0) is 30.5 Å². The minimum atomic E-state index is -0.145. The number of nitrogens with two attached hydrogens (primary N) is 1. The third-order valence-corrected chi connectivity index (χ3v) is 1.97. The average molecular weight is 181 g/mol. The molecule has 4 N–H and O–H groups in total. The standard InChI is InChI=1S/C10H15NO2/c11-9(7-12)4-1-8-2-5-10(13)6-3-8/h2-3,5-6,9,12-13H,1,4,7,11H2/t9-/m0/s1. The molecule has 0 bridgehead atoms. The van der Waals surface area contributed by atoms with Gasteiger partial charge >= 0.3 is 0 Å². The summed E-state index contributed by atoms with van der Waals surface area (Å²) in [6, 6.07) is 6.88. The first-order chi connectivity index (χ1) is 6.22. The molecule has 3 nitrogen and oxygen atoms in total. The second-order valence-electron chi connectivity index (χ2n) is 3.15. The van der Waals surface area contributed by atoms with Gasteiger partial charge in [-0.3, -0.25) is 0 Å². The van der Waals surface area contributed by atoms with E-state index in [1.54, 1.807) is 12.1 Å². The highest BCUT2D eigenvalue weighted by Crippen LogP contribution is 2.11. The molecule has 0 saturated carbocycles. The van der Waals surface area contributed by atoms with Crippen LogP contribution in [0.3, 0.4) is 0 Å². The zero-order valence-corrected chi connectivity index (χ0v) is 7.48. The Morgan fingerprint density at radius 3 is 2.38 bits per heavy atom. The largest absolute Gasteiger partial charge is 0.508 e. The van der Waals surface area contributed by atoms with Crippen molar-refractivity contribution in [2.75, 3.05) is 6.61 Å². The van der Waals surface area contributed by atoms with Crippen molar-refractivity contribution in [1.29, 1.82) is 0 Å². The van der Waals surface area contributed by atoms with Crippen LogP contribution in [0.5, 0.6) is 5.75 Å². The molecule has 0 fully saturated rings. The van der Waals surface area contributed by atoms with Gasteiger partial charge in [0.15, 0.2) is 0 Å². The van der Waals surface area contributed by atoms with Crippen LogP contribution in [0.1, 0.15) is 12.0 Å². The molecule has 13 heavy (non-hydrogen) atoms. The molecule has 0 heterocycles. The highest BCUT2D eigenvalue weighted by Gasteiger charge is 2.00. The van der Waals surface area contributed by atoms with Crippen LogP contribution in [0.2, 0.25) is 0 Å². The molecule has 1 aromatic rings. The van der Waals surface area contributed by atoms with E-state index in [1.807, 2.05) is 12.1 Å². The molecule has 1 rings (SSSR count). The lowest BCUT2D eigenvalue weighted by molar-refractivity contribution is 0.260. The minimum absolute atomic E-state index is 0.0259. The Balaban J connectivity index is 2.41. The zero-order chi connectivity index (χ0) is 9.68. The number of aromatic hydroxyl groups is 1. The summed E-state index contributed by atoms with van der Waals surface area (Å²) in [5.74, 6) is 0.273. The third-order valence-electron chi connectivity index (χ3n) is 1.97. The van der Waals surface area contributed by atoms with E-state index in [9.17, 15) is 0 Å². The van der Waals surface area contributed by atoms with Crippen LogP contribution in [0, 0.1) is 0 Å². The number of hydrogen-bond donors (Lipinski definition) is 3. The maximum atomic E-state index is 9.02. The number of benzene rings is 1. The minimum Gasteiger partial charge on any atom is -0.508 e. The van der Waals surface area contributed by atoms with Crippen molar-refractivity contribution in [3.8, 4) is 5.75 Å². The first-order valence-corrected chi connectivity index (χ1v) is 4.36. The normalized spacial score (nSPS) is 12.8. The number of aryl methyl sites for hydroxylation is 1. The lowest BCUT2D eigenvalue weighted by Gasteiger charge is -2.07. The predicted octanol–water partition coefficient (Wildman–Crippen LogP) is 0.644. The second kappa shape index (κ2) is 4.84. The van der Waals surface area contributed by atoms with Crippen LogP contribution in [-0.2, 0) is 6.42 Å². The molecule has 0 unspecified atom stereocenters. The van der Waals surface area contributed by atoms with Gasteiger partial charge in [0.1, 0.15) is 5.75 Å². The van der Waals surface area contributed by atoms with E-state index in [-0.39, 0.29) is 18.4 Å². The molecular weight excluding hydrogens is 166 g/mol. The summed E-state index contributed by atoms with van der Waals surface area (Å²) in [5, 5.41) is 17.7. The smallest absolute Gasteiger partial charge is 0.115 e. The van der Waals surface area contributed by atoms with Crippen LogP contribution >= 0.6 is 0 Å². The quantitative estimate of drug-likeness (QED) is 0.638. The highest BCUT2D eigenvalue weighted by atomic mass is 16.3. The van der Waals surface area contributed by atoms with Crippen molar-refractivity contribution in [1.82, 2.24) is 0 Å². The molecular formula is C10H15NO2. The average Bonchev–Trinajstić information content (AvgIpc) is 2.16. The summed E-state index contributed by atoms with van der Waals surface area (Å²) in [4.78, 5) is 0. The fraction of sp³-hybridized carbons (Fsp3) is 0.400. The van der Waals surface area contributed by atoms with Crippen LogP contribution in [0.15, 0.2) is 24.3 Å². The number of aliphatic hydroxyl groups excluding tert-OH is 1. The SMILES string of the molecule is N[C@H](CO)CCc1ccc(O)cc1. The maximum Gasteiger partial charge on any atom is 0.115 e. The van der Waals surface area contributed by atoms with Crippen molar-refractivity contribution in [2.24, 2.45) is 5.73 Å². The topological polar surface area (TPSA) is 66.5 Å². The Labute approximate surface area is 77.8 Å². The van der Waals surface area contributed by atoms with Crippen LogP contribution < -0.4 is 5.73 Å². The molecule has 0 amide bonds. The number of phenolic OH excluding ortho intramolecular Hbond substituents is 1. The molecule has 0 saturated heterocycles. The Morgan fingerprint density at radius 1 is 1.23 bits per heavy atom. The molecule has 3 heteroatoms. The highest BCUT2D eigenvalue weighted by molar-refractivity contribution is 5.25. The molecule has 0 aliphatic heterocycles. The van der Waals surface area contributed by atoms with Gasteiger partial charge in [-0.1, -0.05) is 12.1 Å². The van der Waals surface area contributed by atoms with Gasteiger partial charge < -0.3 is 15.9 Å². The predicted molar refractivity (Wildman–Crippen MR) is 51.5 cm³/mol. The molecule has 0 radical (unpaired) electrons. The summed E-state index contributed by atoms with van der Waals surface area (Å²) < 4.78 is 0. The summed E-state index contributed by atoms with van der Waals surface area (Å²) in [6.45, 7) is 0.0259. The summed E-state index contributed by atoms with van der Waals surface area (Å²) in [5.41, 5.74) is 6.68. The molecule has 0 aliphatic carbocycles. The van der Waals surface area contributed by atoms with E-state index < -0.39 is 0 Å². The monoisotopic (exact) mass is 181 g/mol. The van der Waals surface area contributed by atoms with Crippen LogP contribution in [0.4, 0.5) is 0 Å². The first-order valence-electron chi connectivity index (χ1n) is 4.36. The number of hydrogen-bond acceptors (Lipinski definition) is 3. The van der Waals surface area contributed by atoms with Gasteiger partial charge in [-0.15, -0.1) is 0 Å². The van der Waals surface area contributed by atoms with Crippen molar-refractivity contribution in [2.45, 2.75) is 18.9 Å². The number of aliphatic hydroxyl groups is 1. The van der Waals surface area contributed by atoms with E-state index in [2.05, 4.69) is 0 Å². The molecule has 0 aliphatic rings. The maximum absolute atomic E-state index is 9.02. The molecule has 0 spiro atoms. The molecule has 0 aromatic heterocycles. The van der Waals surface area contributed by atoms with E-state index in [0.29, 0.717) is 0 Å². The summed E-state index contributed by atoms with van der Waals surface area (Å²) >= 11 is 0. The van der Waals surface area contributed by atoms with Crippen molar-refractivity contribution in [3.05, 3.63) is 29.8 Å². The summed E-state index contributed by atoms with van der Waals surface area (Å²) in [7, 11) is 0. The fourth-order valence-electron chi connectivity index (χ4n) is 1.11. The van der Waals surface area contributed by atoms with Gasteiger partial charge in [-0.2, -0.15) is 0 Å². The van der Waals surface area contributed by atoms with Crippen LogP contribution in [0.25, 0.3) is 0 Å². The van der Waals surface area contributed by atoms with E-state index in [4.69, 9.17) is 15.9 Å². The van der Waals surface area contributed by atoms with E-state index in [0.717, 1.165) is 18.4 Å². The fourth-order valence-corrected chi connectivity index (χ4v) is 1.11. The lowest BCUT2D eigenvalue weighted by atomic mass is 10.1. The van der Waals surface area contributed by atoms with E-state index >= 15 is 0 Å². The Morgan fingerprint density at radius 2 is 1.85 bits per heavy atom. The van der Waals surface area contributed by atoms with Gasteiger partial charge in [0.05, 0.1) is 6.61 Å². The molecule has 1 aromatic carbocycles. The van der Waals surface area contributed by atoms with Gasteiger partial charge in [0.2, 0.25) is 0 Å².